The van der Waals surface area contributed by atoms with Crippen molar-refractivity contribution in [2.75, 3.05) is 50.4 Å². The van der Waals surface area contributed by atoms with Crippen LogP contribution in [0.2, 0.25) is 5.02 Å². The molecule has 0 unspecified atom stereocenters. The minimum absolute atomic E-state index is 0.195. The van der Waals surface area contributed by atoms with Crippen LogP contribution in [0.25, 0.3) is 0 Å². The van der Waals surface area contributed by atoms with Gasteiger partial charge in [-0.05, 0) is 35.9 Å². The van der Waals surface area contributed by atoms with Crippen LogP contribution in [-0.2, 0) is 11.3 Å². The topological polar surface area (TPSA) is 126 Å². The molecule has 0 radical (unpaired) electrons. The van der Waals surface area contributed by atoms with Crippen LogP contribution in [0.1, 0.15) is 15.9 Å². The van der Waals surface area contributed by atoms with Gasteiger partial charge in [0, 0.05) is 49.9 Å². The molecule has 10 heteroatoms. The second kappa shape index (κ2) is 10.9. The first-order valence-corrected chi connectivity index (χ1v) is 10.4. The van der Waals surface area contributed by atoms with Crippen LogP contribution < -0.4 is 22.3 Å². The molecular weight excluding hydrogens is 420 g/mol. The van der Waals surface area contributed by atoms with E-state index in [0.717, 1.165) is 18.7 Å². The number of hydrogen-bond acceptors (Lipinski definition) is 7. The fraction of sp³-hybridized carbons (Fsp3) is 0.333. The molecular formula is C21H27ClN6O3. The fourth-order valence-corrected chi connectivity index (χ4v) is 3.36. The number of benzene rings is 2. The third kappa shape index (κ3) is 6.48. The molecule has 1 fully saturated rings. The molecule has 0 saturated carbocycles. The molecule has 0 atom stereocenters. The molecule has 0 aliphatic carbocycles. The van der Waals surface area contributed by atoms with Gasteiger partial charge < -0.3 is 26.1 Å². The molecule has 31 heavy (non-hydrogen) atoms. The van der Waals surface area contributed by atoms with Crippen LogP contribution >= 0.6 is 11.6 Å². The Hall–Kier alpha value is -3.01. The molecule has 6 N–H and O–H groups in total. The van der Waals surface area contributed by atoms with Gasteiger partial charge >= 0.3 is 6.09 Å². The Morgan fingerprint density at radius 2 is 1.77 bits per heavy atom. The van der Waals surface area contributed by atoms with Crippen molar-refractivity contribution in [2.45, 2.75) is 6.61 Å². The lowest BCUT2D eigenvalue weighted by Gasteiger charge is -2.34. The number of hydrazine groups is 1. The second-order valence-corrected chi connectivity index (χ2v) is 7.65. The summed E-state index contributed by atoms with van der Waals surface area (Å²) in [6.45, 7) is 4.00. The zero-order chi connectivity index (χ0) is 22.2. The van der Waals surface area contributed by atoms with Crippen LogP contribution in [0.3, 0.4) is 0 Å². The van der Waals surface area contributed by atoms with Crippen LogP contribution in [0, 0.1) is 0 Å². The molecule has 0 aromatic heterocycles. The van der Waals surface area contributed by atoms with Crippen molar-refractivity contribution in [3.8, 4) is 0 Å². The molecule has 1 aliphatic heterocycles. The molecule has 0 spiro atoms. The van der Waals surface area contributed by atoms with Crippen molar-refractivity contribution in [3.05, 3.63) is 58.6 Å². The number of carbonyl (C=O) groups is 2. The van der Waals surface area contributed by atoms with E-state index in [-0.39, 0.29) is 18.6 Å². The van der Waals surface area contributed by atoms with E-state index >= 15 is 0 Å². The smallest absolute Gasteiger partial charge is 0.410 e. The number of rotatable bonds is 7. The maximum absolute atomic E-state index is 12.3. The van der Waals surface area contributed by atoms with Crippen molar-refractivity contribution < 1.29 is 14.3 Å². The number of carbonyl (C=O) groups excluding carboxylic acids is 2. The molecule has 1 aliphatic rings. The Kier molecular flexibility index (Phi) is 7.94. The van der Waals surface area contributed by atoms with E-state index < -0.39 is 0 Å². The van der Waals surface area contributed by atoms with Gasteiger partial charge in [0.25, 0.3) is 5.91 Å². The van der Waals surface area contributed by atoms with E-state index in [1.54, 1.807) is 35.2 Å². The average Bonchev–Trinajstić information content (AvgIpc) is 2.78. The number of piperazine rings is 1. The summed E-state index contributed by atoms with van der Waals surface area (Å²) < 4.78 is 5.38. The fourth-order valence-electron chi connectivity index (χ4n) is 3.24. The lowest BCUT2D eigenvalue weighted by Crippen LogP contribution is -2.50. The van der Waals surface area contributed by atoms with Crippen molar-refractivity contribution in [2.24, 2.45) is 5.84 Å². The number of anilines is 2. The summed E-state index contributed by atoms with van der Waals surface area (Å²) in [6, 6.07) is 12.1. The first-order chi connectivity index (χ1) is 15.0. The maximum Gasteiger partial charge on any atom is 0.410 e. The Labute approximate surface area is 186 Å². The summed E-state index contributed by atoms with van der Waals surface area (Å²) in [5, 5.41) is 3.53. The van der Waals surface area contributed by atoms with Crippen molar-refractivity contribution in [1.29, 1.82) is 0 Å². The molecule has 166 valence electrons. The van der Waals surface area contributed by atoms with E-state index in [9.17, 15) is 9.59 Å². The van der Waals surface area contributed by atoms with Gasteiger partial charge in [-0.3, -0.25) is 15.5 Å². The lowest BCUT2D eigenvalue weighted by atomic mass is 10.1. The minimum Gasteiger partial charge on any atom is -0.445 e. The number of amides is 2. The lowest BCUT2D eigenvalue weighted by molar-refractivity contribution is 0.0716. The van der Waals surface area contributed by atoms with E-state index in [2.05, 4.69) is 15.6 Å². The van der Waals surface area contributed by atoms with Crippen LogP contribution in [0.5, 0.6) is 0 Å². The van der Waals surface area contributed by atoms with Crippen LogP contribution in [0.4, 0.5) is 16.2 Å². The number of nitrogen functional groups attached to an aromatic ring is 2. The predicted octanol–water partition coefficient (Wildman–Crippen LogP) is 1.89. The highest BCUT2D eigenvalue weighted by Gasteiger charge is 2.22. The number of nitrogens with two attached hydrogens (primary N) is 2. The SMILES string of the molecule is NNc1ccc(C(=O)NCCN2CCN(C(=O)OCc3ccc(Cl)cc3)CC2)cc1N. The van der Waals surface area contributed by atoms with Gasteiger partial charge in [0.2, 0.25) is 0 Å². The largest absolute Gasteiger partial charge is 0.445 e. The zero-order valence-corrected chi connectivity index (χ0v) is 17.9. The second-order valence-electron chi connectivity index (χ2n) is 7.21. The summed E-state index contributed by atoms with van der Waals surface area (Å²) in [5.41, 5.74) is 10.7. The van der Waals surface area contributed by atoms with Crippen molar-refractivity contribution in [1.82, 2.24) is 15.1 Å². The van der Waals surface area contributed by atoms with E-state index in [1.807, 2.05) is 12.1 Å². The van der Waals surface area contributed by atoms with Gasteiger partial charge in [0.1, 0.15) is 6.61 Å². The minimum atomic E-state index is -0.323. The highest BCUT2D eigenvalue weighted by molar-refractivity contribution is 6.30. The van der Waals surface area contributed by atoms with Gasteiger partial charge in [-0.2, -0.15) is 0 Å². The summed E-state index contributed by atoms with van der Waals surface area (Å²) in [5.74, 6) is 5.15. The summed E-state index contributed by atoms with van der Waals surface area (Å²) >= 11 is 5.86. The normalized spacial score (nSPS) is 14.2. The Morgan fingerprint density at radius 1 is 1.06 bits per heavy atom. The zero-order valence-electron chi connectivity index (χ0n) is 17.1. The molecule has 0 bridgehead atoms. The van der Waals surface area contributed by atoms with E-state index in [1.165, 1.54) is 0 Å². The summed E-state index contributed by atoms with van der Waals surface area (Å²) in [6.07, 6.45) is -0.323. The molecule has 1 saturated heterocycles. The monoisotopic (exact) mass is 446 g/mol. The molecule has 2 aromatic rings. The molecule has 2 amide bonds. The van der Waals surface area contributed by atoms with Gasteiger partial charge in [0.05, 0.1) is 11.4 Å². The van der Waals surface area contributed by atoms with E-state index in [0.29, 0.717) is 48.1 Å². The van der Waals surface area contributed by atoms with E-state index in [4.69, 9.17) is 27.9 Å². The van der Waals surface area contributed by atoms with Gasteiger partial charge in [-0.1, -0.05) is 23.7 Å². The first kappa shape index (κ1) is 22.7. The van der Waals surface area contributed by atoms with Crippen LogP contribution in [-0.4, -0.2) is 61.1 Å². The third-order valence-corrected chi connectivity index (χ3v) is 5.34. The Bertz CT molecular complexity index is 900. The number of hydrogen-bond donors (Lipinski definition) is 4. The molecule has 2 aromatic carbocycles. The Morgan fingerprint density at radius 3 is 2.42 bits per heavy atom. The number of ether oxygens (including phenoxy) is 1. The summed E-state index contributed by atoms with van der Waals surface area (Å²) in [4.78, 5) is 28.4. The predicted molar refractivity (Wildman–Crippen MR) is 121 cm³/mol. The van der Waals surface area contributed by atoms with Gasteiger partial charge in [-0.15, -0.1) is 0 Å². The quantitative estimate of drug-likeness (QED) is 0.290. The number of nitrogens with one attached hydrogen (secondary N) is 2. The van der Waals surface area contributed by atoms with Gasteiger partial charge in [-0.25, -0.2) is 4.79 Å². The first-order valence-electron chi connectivity index (χ1n) is 9.99. The molecule has 1 heterocycles. The average molecular weight is 447 g/mol. The molecule has 9 nitrogen and oxygen atoms in total. The Balaban J connectivity index is 1.35. The third-order valence-electron chi connectivity index (χ3n) is 5.09. The van der Waals surface area contributed by atoms with Crippen molar-refractivity contribution >= 4 is 35.0 Å². The number of halogens is 1. The van der Waals surface area contributed by atoms with Gasteiger partial charge in [0.15, 0.2) is 0 Å². The maximum atomic E-state index is 12.3. The standard InChI is InChI=1S/C21H27ClN6O3/c22-17-4-1-15(2-5-17)14-31-21(30)28-11-9-27(10-12-28)8-7-25-20(29)16-3-6-19(26-24)18(23)13-16/h1-6,13,26H,7-12,14,23-24H2,(H,25,29). The highest BCUT2D eigenvalue weighted by atomic mass is 35.5. The van der Waals surface area contributed by atoms with Crippen LogP contribution in [0.15, 0.2) is 42.5 Å². The number of nitrogens with zero attached hydrogens (tertiary/aromatic N) is 2. The summed E-state index contributed by atoms with van der Waals surface area (Å²) in [7, 11) is 0. The highest BCUT2D eigenvalue weighted by Crippen LogP contribution is 2.18. The van der Waals surface area contributed by atoms with Crippen molar-refractivity contribution in [3.63, 3.8) is 0 Å². The molecule has 3 rings (SSSR count).